The predicted octanol–water partition coefficient (Wildman–Crippen LogP) is 11.5. The maximum absolute atomic E-state index is 5.82. The number of hydrogen-bond donors (Lipinski definition) is 0. The summed E-state index contributed by atoms with van der Waals surface area (Å²) in [6.45, 7) is 0. The van der Waals surface area contributed by atoms with E-state index >= 15 is 0 Å². The minimum absolute atomic E-state index is 0. The van der Waals surface area contributed by atoms with Crippen LogP contribution in [0.2, 0.25) is 0 Å². The molecule has 0 fully saturated rings. The number of allylic oxidation sites excluding steroid dienone is 4. The van der Waals surface area contributed by atoms with Crippen LogP contribution in [0.3, 0.4) is 0 Å². The molecule has 0 amide bonds. The number of fused-ring (bicyclic) bond motifs is 4. The van der Waals surface area contributed by atoms with Crippen molar-refractivity contribution in [3.8, 4) is 11.1 Å². The van der Waals surface area contributed by atoms with Crippen LogP contribution in [0.1, 0.15) is 6.42 Å². The molecule has 269 valence electrons. The Labute approximate surface area is 344 Å². The fraction of sp³-hybridized carbons (Fsp3) is 0.0588. The van der Waals surface area contributed by atoms with Gasteiger partial charge in [-0.25, -0.2) is 0 Å². The molecule has 0 spiro atoms. The molecule has 0 saturated carbocycles. The van der Waals surface area contributed by atoms with Crippen molar-refractivity contribution in [2.45, 2.75) is 6.42 Å². The van der Waals surface area contributed by atoms with Gasteiger partial charge in [-0.3, -0.25) is 0 Å². The third-order valence-electron chi connectivity index (χ3n) is 10.4. The van der Waals surface area contributed by atoms with Crippen LogP contribution in [0.4, 0.5) is 0 Å². The Morgan fingerprint density at radius 3 is 1.07 bits per heavy atom. The molecule has 55 heavy (non-hydrogen) atoms. The van der Waals surface area contributed by atoms with E-state index in [1.807, 2.05) is 0 Å². The first-order valence-corrected chi connectivity index (χ1v) is 21.7. The van der Waals surface area contributed by atoms with Gasteiger partial charge in [0.25, 0.3) is 0 Å². The monoisotopic (exact) mass is 851 g/mol. The summed E-state index contributed by atoms with van der Waals surface area (Å²) in [5, 5.41) is 14.4. The minimum atomic E-state index is -0.852. The molecule has 1 radical (unpaired) electrons. The molecule has 2 aliphatic rings. The van der Waals surface area contributed by atoms with Gasteiger partial charge in [-0.15, -0.1) is 0 Å². The van der Waals surface area contributed by atoms with Crippen LogP contribution in [0.5, 0.6) is 0 Å². The Morgan fingerprint density at radius 2 is 0.764 bits per heavy atom. The Balaban J connectivity index is 0.000000419. The number of hydrogen-bond acceptors (Lipinski definition) is 0. The minimum Gasteiger partial charge on any atom is -0.0888 e. The summed E-state index contributed by atoms with van der Waals surface area (Å²) >= 11 is 5.82. The van der Waals surface area contributed by atoms with Gasteiger partial charge in [0.1, 0.15) is 0 Å². The molecule has 10 rings (SSSR count). The Morgan fingerprint density at radius 1 is 0.400 bits per heavy atom. The fourth-order valence-electron chi connectivity index (χ4n) is 7.96. The van der Waals surface area contributed by atoms with Crippen molar-refractivity contribution in [3.05, 3.63) is 217 Å². The predicted molar refractivity (Wildman–Crippen MR) is 239 cm³/mol. The Kier molecular flexibility index (Phi) is 11.7. The average molecular weight is 852 g/mol. The summed E-state index contributed by atoms with van der Waals surface area (Å²) in [6, 6.07) is 71.8. The maximum atomic E-state index is 5.82. The van der Waals surface area contributed by atoms with E-state index in [-0.39, 0.29) is 19.5 Å². The SMILES string of the molecule is ClC1=CC2C=CC1C2.[Rh].c1ccc(P(c2ccccc2)c2ccc3ccccc3c2-c2c(P(c3ccccc3)c3ccccc3)ccc3ccccc23)cc1. The molecule has 4 heteroatoms. The summed E-state index contributed by atoms with van der Waals surface area (Å²) in [4.78, 5) is 0. The number of benzene rings is 8. The van der Waals surface area contributed by atoms with Crippen molar-refractivity contribution in [2.24, 2.45) is 11.8 Å². The summed E-state index contributed by atoms with van der Waals surface area (Å²) in [7, 11) is -1.70. The van der Waals surface area contributed by atoms with E-state index in [0.29, 0.717) is 11.8 Å². The second-order valence-corrected chi connectivity index (χ2v) is 18.6. The Hall–Kier alpha value is -4.47. The normalized spacial score (nSPS) is 15.5. The van der Waals surface area contributed by atoms with Gasteiger partial charge in [0, 0.05) is 30.4 Å². The molecule has 0 aromatic heterocycles. The van der Waals surface area contributed by atoms with Crippen molar-refractivity contribution in [3.63, 3.8) is 0 Å². The molecule has 8 aromatic rings. The molecule has 0 N–H and O–H groups in total. The van der Waals surface area contributed by atoms with E-state index in [1.165, 1.54) is 70.9 Å². The van der Waals surface area contributed by atoms with Crippen molar-refractivity contribution in [1.82, 2.24) is 0 Å². The van der Waals surface area contributed by atoms with Gasteiger partial charge >= 0.3 is 0 Å². The van der Waals surface area contributed by atoms with Gasteiger partial charge in [-0.1, -0.05) is 224 Å². The molecule has 0 aliphatic heterocycles. The number of halogens is 1. The van der Waals surface area contributed by atoms with Gasteiger partial charge in [0.2, 0.25) is 0 Å². The van der Waals surface area contributed by atoms with Crippen LogP contribution >= 0.6 is 27.4 Å². The third kappa shape index (κ3) is 7.70. The van der Waals surface area contributed by atoms with Crippen molar-refractivity contribution in [1.29, 1.82) is 0 Å². The number of rotatable bonds is 7. The molecule has 2 bridgehead atoms. The standard InChI is InChI=1S/C44H32P2.C7H7Cl.Rh/c1-5-19-35(20-6-1)45(36-21-7-2-8-22-36)41-31-29-33-17-13-15-27-39(33)43(41)44-40-28-16-14-18-34(40)30-32-42(44)46(37-23-9-3-10-24-37)38-25-11-4-12-26-38;8-7-4-5-1-2-6(7)3-5;/h1-32H;1-2,4-6H,3H2;. The van der Waals surface area contributed by atoms with Gasteiger partial charge < -0.3 is 0 Å². The van der Waals surface area contributed by atoms with Crippen molar-refractivity contribution in [2.75, 3.05) is 0 Å². The summed E-state index contributed by atoms with van der Waals surface area (Å²) in [5.41, 5.74) is 2.70. The molecule has 0 saturated heterocycles. The van der Waals surface area contributed by atoms with Crippen LogP contribution in [-0.2, 0) is 19.5 Å². The zero-order chi connectivity index (χ0) is 36.3. The van der Waals surface area contributed by atoms with Crippen LogP contribution in [0.15, 0.2) is 217 Å². The van der Waals surface area contributed by atoms with E-state index in [1.54, 1.807) is 0 Å². The van der Waals surface area contributed by atoms with Gasteiger partial charge in [-0.05, 0) is 92.7 Å². The third-order valence-corrected chi connectivity index (χ3v) is 15.8. The first-order chi connectivity index (χ1) is 26.7. The van der Waals surface area contributed by atoms with Crippen molar-refractivity contribution < 1.29 is 19.5 Å². The van der Waals surface area contributed by atoms with Crippen LogP contribution < -0.4 is 31.8 Å². The first-order valence-electron chi connectivity index (χ1n) is 18.6. The van der Waals surface area contributed by atoms with Gasteiger partial charge in [0.05, 0.1) is 0 Å². The fourth-order valence-corrected chi connectivity index (χ4v) is 13.2. The summed E-state index contributed by atoms with van der Waals surface area (Å²) in [5.74, 6) is 1.26. The van der Waals surface area contributed by atoms with E-state index in [0.717, 1.165) is 5.03 Å². The van der Waals surface area contributed by atoms with E-state index in [4.69, 9.17) is 11.6 Å². The summed E-state index contributed by atoms with van der Waals surface area (Å²) < 4.78 is 0. The molecular formula is C51H39ClP2Rh. The van der Waals surface area contributed by atoms with Gasteiger partial charge in [0.15, 0.2) is 0 Å². The molecule has 2 atom stereocenters. The zero-order valence-corrected chi connectivity index (χ0v) is 34.4. The van der Waals surface area contributed by atoms with Crippen LogP contribution in [-0.4, -0.2) is 0 Å². The van der Waals surface area contributed by atoms with E-state index < -0.39 is 15.8 Å². The molecular weight excluding hydrogens is 813 g/mol. The average Bonchev–Trinajstić information content (AvgIpc) is 3.86. The van der Waals surface area contributed by atoms with Crippen LogP contribution in [0.25, 0.3) is 32.7 Å². The maximum Gasteiger partial charge on any atom is 0.0216 e. The zero-order valence-electron chi connectivity index (χ0n) is 30.2. The molecule has 0 nitrogen and oxygen atoms in total. The van der Waals surface area contributed by atoms with E-state index in [2.05, 4.69) is 212 Å². The first kappa shape index (κ1) is 37.5. The van der Waals surface area contributed by atoms with Crippen molar-refractivity contribution >= 4 is 80.8 Å². The quantitative estimate of drug-likeness (QED) is 0.0851. The topological polar surface area (TPSA) is 0 Å². The van der Waals surface area contributed by atoms with Crippen LogP contribution in [0, 0.1) is 11.8 Å². The molecule has 2 aliphatic carbocycles. The molecule has 8 aromatic carbocycles. The molecule has 0 heterocycles. The second-order valence-electron chi connectivity index (χ2n) is 13.8. The Bertz CT molecular complexity index is 2360. The second kappa shape index (κ2) is 17.1. The smallest absolute Gasteiger partial charge is 0.0216 e. The van der Waals surface area contributed by atoms with E-state index in [9.17, 15) is 0 Å². The summed E-state index contributed by atoms with van der Waals surface area (Å²) in [6.07, 6.45) is 7.81. The molecule has 2 unspecified atom stereocenters. The van der Waals surface area contributed by atoms with Gasteiger partial charge in [-0.2, -0.15) is 0 Å². The largest absolute Gasteiger partial charge is 0.0888 e.